The van der Waals surface area contributed by atoms with Crippen molar-refractivity contribution in [3.8, 4) is 0 Å². The van der Waals surface area contributed by atoms with Gasteiger partial charge in [0.15, 0.2) is 0 Å². The number of carbonyl (C=O) groups is 1. The molecular formula is C18H23N5O. The number of carbonyl (C=O) groups excluding carboxylic acids is 1. The summed E-state index contributed by atoms with van der Waals surface area (Å²) in [6.07, 6.45) is 9.14. The van der Waals surface area contributed by atoms with Crippen molar-refractivity contribution in [3.63, 3.8) is 0 Å². The van der Waals surface area contributed by atoms with Gasteiger partial charge in [-0.05, 0) is 24.0 Å². The first kappa shape index (κ1) is 16.2. The number of imidazole rings is 2. The third-order valence-electron chi connectivity index (χ3n) is 4.13. The van der Waals surface area contributed by atoms with Crippen molar-refractivity contribution in [2.75, 3.05) is 0 Å². The van der Waals surface area contributed by atoms with Gasteiger partial charge in [0.05, 0.1) is 12.4 Å². The van der Waals surface area contributed by atoms with Crippen LogP contribution in [0.3, 0.4) is 0 Å². The van der Waals surface area contributed by atoms with Crippen LogP contribution in [0.25, 0.3) is 5.65 Å². The van der Waals surface area contributed by atoms with Gasteiger partial charge in [-0.25, -0.2) is 9.97 Å². The summed E-state index contributed by atoms with van der Waals surface area (Å²) in [4.78, 5) is 21.2. The van der Waals surface area contributed by atoms with E-state index in [9.17, 15) is 4.79 Å². The number of pyridine rings is 1. The maximum atomic E-state index is 12.7. The summed E-state index contributed by atoms with van der Waals surface area (Å²) in [6.45, 7) is 9.02. The van der Waals surface area contributed by atoms with Crippen LogP contribution in [0.1, 0.15) is 36.8 Å². The monoisotopic (exact) mass is 325 g/mol. The fourth-order valence-corrected chi connectivity index (χ4v) is 2.59. The first-order valence-corrected chi connectivity index (χ1v) is 8.05. The van der Waals surface area contributed by atoms with Gasteiger partial charge in [-0.3, -0.25) is 4.79 Å². The topological polar surface area (TPSA) is 64.2 Å². The molecule has 0 saturated heterocycles. The van der Waals surface area contributed by atoms with E-state index in [4.69, 9.17) is 0 Å². The molecule has 0 unspecified atom stereocenters. The standard InChI is InChI=1S/C18H23N5O/c1-13-5-6-16-20-14(10-23(16)9-13)17(24)21-15(18(2,3)4)11-22-8-7-19-12-22/h5-10,12,15H,11H2,1-4H3,(H,21,24)/t15-/m1/s1. The van der Waals surface area contributed by atoms with E-state index >= 15 is 0 Å². The van der Waals surface area contributed by atoms with Crippen LogP contribution in [-0.4, -0.2) is 30.9 Å². The van der Waals surface area contributed by atoms with Gasteiger partial charge in [-0.1, -0.05) is 26.8 Å². The molecule has 3 rings (SSSR count). The van der Waals surface area contributed by atoms with Crippen LogP contribution < -0.4 is 5.32 Å². The molecule has 3 aromatic heterocycles. The number of rotatable bonds is 4. The molecule has 6 nitrogen and oxygen atoms in total. The SMILES string of the molecule is Cc1ccc2nc(C(=O)N[C@H](Cn3ccnc3)C(C)(C)C)cn2c1. The quantitative estimate of drug-likeness (QED) is 0.802. The van der Waals surface area contributed by atoms with Gasteiger partial charge in [0.2, 0.25) is 0 Å². The number of nitrogens with zero attached hydrogens (tertiary/aromatic N) is 4. The summed E-state index contributed by atoms with van der Waals surface area (Å²) in [5.41, 5.74) is 2.24. The van der Waals surface area contributed by atoms with Crippen LogP contribution in [0.15, 0.2) is 43.2 Å². The summed E-state index contributed by atoms with van der Waals surface area (Å²) >= 11 is 0. The molecule has 0 bridgehead atoms. The fourth-order valence-electron chi connectivity index (χ4n) is 2.59. The van der Waals surface area contributed by atoms with E-state index in [0.717, 1.165) is 11.2 Å². The highest BCUT2D eigenvalue weighted by atomic mass is 16.2. The lowest BCUT2D eigenvalue weighted by molar-refractivity contribution is 0.0888. The first-order valence-electron chi connectivity index (χ1n) is 8.05. The van der Waals surface area contributed by atoms with E-state index in [2.05, 4.69) is 36.1 Å². The molecule has 1 N–H and O–H groups in total. The molecule has 0 aliphatic heterocycles. The van der Waals surface area contributed by atoms with Crippen molar-refractivity contribution < 1.29 is 4.79 Å². The largest absolute Gasteiger partial charge is 0.346 e. The molecule has 0 aromatic carbocycles. The van der Waals surface area contributed by atoms with Gasteiger partial charge in [0.1, 0.15) is 11.3 Å². The minimum atomic E-state index is -0.156. The molecule has 0 radical (unpaired) electrons. The second kappa shape index (κ2) is 6.11. The zero-order valence-corrected chi connectivity index (χ0v) is 14.5. The fraction of sp³-hybridized carbons (Fsp3) is 0.389. The Balaban J connectivity index is 1.81. The summed E-state index contributed by atoms with van der Waals surface area (Å²) in [5.74, 6) is -0.156. The number of hydrogen-bond acceptors (Lipinski definition) is 3. The number of fused-ring (bicyclic) bond motifs is 1. The molecule has 0 aliphatic carbocycles. The normalized spacial score (nSPS) is 13.2. The molecule has 3 heterocycles. The average molecular weight is 325 g/mol. The Morgan fingerprint density at radius 2 is 2.08 bits per heavy atom. The summed E-state index contributed by atoms with van der Waals surface area (Å²) in [6, 6.07) is 3.87. The van der Waals surface area contributed by atoms with Gasteiger partial charge >= 0.3 is 0 Å². The van der Waals surface area contributed by atoms with Gasteiger partial charge in [0.25, 0.3) is 5.91 Å². The van der Waals surface area contributed by atoms with Crippen molar-refractivity contribution in [2.24, 2.45) is 5.41 Å². The van der Waals surface area contributed by atoms with Crippen molar-refractivity contribution in [1.29, 1.82) is 0 Å². The molecular weight excluding hydrogens is 302 g/mol. The van der Waals surface area contributed by atoms with Crippen LogP contribution in [0, 0.1) is 12.3 Å². The van der Waals surface area contributed by atoms with Gasteiger partial charge in [0, 0.05) is 31.3 Å². The molecule has 3 aromatic rings. The predicted molar refractivity (Wildman–Crippen MR) is 92.9 cm³/mol. The molecule has 24 heavy (non-hydrogen) atoms. The number of nitrogens with one attached hydrogen (secondary N) is 1. The Morgan fingerprint density at radius 1 is 1.29 bits per heavy atom. The van der Waals surface area contributed by atoms with Gasteiger partial charge < -0.3 is 14.3 Å². The predicted octanol–water partition coefficient (Wildman–Crippen LogP) is 2.68. The van der Waals surface area contributed by atoms with Crippen molar-refractivity contribution in [1.82, 2.24) is 24.3 Å². The molecule has 0 aliphatic rings. The summed E-state index contributed by atoms with van der Waals surface area (Å²) in [5, 5.41) is 3.12. The van der Waals surface area contributed by atoms with Crippen molar-refractivity contribution in [2.45, 2.75) is 40.3 Å². The molecule has 6 heteroatoms. The zero-order valence-electron chi connectivity index (χ0n) is 14.5. The van der Waals surface area contributed by atoms with E-state index in [1.165, 1.54) is 0 Å². The highest BCUT2D eigenvalue weighted by Gasteiger charge is 2.27. The van der Waals surface area contributed by atoms with E-state index in [1.807, 2.05) is 40.4 Å². The molecule has 126 valence electrons. The average Bonchev–Trinajstić information content (AvgIpc) is 3.13. The van der Waals surface area contributed by atoms with Crippen molar-refractivity contribution in [3.05, 3.63) is 54.5 Å². The maximum Gasteiger partial charge on any atom is 0.271 e. The minimum absolute atomic E-state index is 0.0363. The third kappa shape index (κ3) is 3.48. The van der Waals surface area contributed by atoms with E-state index in [-0.39, 0.29) is 17.4 Å². The van der Waals surface area contributed by atoms with Gasteiger partial charge in [-0.15, -0.1) is 0 Å². The van der Waals surface area contributed by atoms with E-state index in [0.29, 0.717) is 12.2 Å². The highest BCUT2D eigenvalue weighted by molar-refractivity contribution is 5.93. The molecule has 0 spiro atoms. The Bertz CT molecular complexity index is 842. The van der Waals surface area contributed by atoms with Gasteiger partial charge in [-0.2, -0.15) is 0 Å². The Hall–Kier alpha value is -2.63. The van der Waals surface area contributed by atoms with E-state index < -0.39 is 0 Å². The molecule has 0 fully saturated rings. The number of aromatic nitrogens is 4. The summed E-state index contributed by atoms with van der Waals surface area (Å²) < 4.78 is 3.86. The van der Waals surface area contributed by atoms with Crippen LogP contribution in [-0.2, 0) is 6.54 Å². The van der Waals surface area contributed by atoms with Crippen molar-refractivity contribution >= 4 is 11.6 Å². The Morgan fingerprint density at radius 3 is 2.75 bits per heavy atom. The lowest BCUT2D eigenvalue weighted by Crippen LogP contribution is -2.46. The summed E-state index contributed by atoms with van der Waals surface area (Å²) in [7, 11) is 0. The second-order valence-electron chi connectivity index (χ2n) is 7.25. The van der Waals surface area contributed by atoms with Crippen LogP contribution >= 0.6 is 0 Å². The number of hydrogen-bond donors (Lipinski definition) is 1. The lowest BCUT2D eigenvalue weighted by atomic mass is 9.86. The molecule has 0 saturated carbocycles. The van der Waals surface area contributed by atoms with Crippen LogP contribution in [0.2, 0.25) is 0 Å². The third-order valence-corrected chi connectivity index (χ3v) is 4.13. The lowest BCUT2D eigenvalue weighted by Gasteiger charge is -2.31. The maximum absolute atomic E-state index is 12.7. The molecule has 1 amide bonds. The van der Waals surface area contributed by atoms with E-state index in [1.54, 1.807) is 18.7 Å². The Labute approximate surface area is 141 Å². The minimum Gasteiger partial charge on any atom is -0.346 e. The molecule has 1 atom stereocenters. The second-order valence-corrected chi connectivity index (χ2v) is 7.25. The zero-order chi connectivity index (χ0) is 17.3. The number of amides is 1. The highest BCUT2D eigenvalue weighted by Crippen LogP contribution is 2.21. The number of aryl methyl sites for hydroxylation is 1. The van der Waals surface area contributed by atoms with Crippen LogP contribution in [0.4, 0.5) is 0 Å². The first-order chi connectivity index (χ1) is 11.3. The smallest absolute Gasteiger partial charge is 0.271 e. The van der Waals surface area contributed by atoms with Crippen LogP contribution in [0.5, 0.6) is 0 Å². The Kier molecular flexibility index (Phi) is 4.13.